The Morgan fingerprint density at radius 1 is 0.935 bits per heavy atom. The molecule has 0 saturated heterocycles. The van der Waals surface area contributed by atoms with E-state index < -0.39 is 6.36 Å². The Morgan fingerprint density at radius 3 is 2.10 bits per heavy atom. The Bertz CT molecular complexity index is 851. The summed E-state index contributed by atoms with van der Waals surface area (Å²) in [6.45, 7) is 8.00. The second-order valence-corrected chi connectivity index (χ2v) is 7.20. The third-order valence-corrected chi connectivity index (χ3v) is 4.84. The van der Waals surface area contributed by atoms with Crippen LogP contribution in [0.25, 0.3) is 11.3 Å². The number of nitrogens with zero attached hydrogens (tertiary/aromatic N) is 2. The number of alkyl halides is 3. The van der Waals surface area contributed by atoms with Gasteiger partial charge in [-0.15, -0.1) is 13.2 Å². The number of aromatic nitrogens is 2. The highest BCUT2D eigenvalue weighted by Crippen LogP contribution is 2.38. The summed E-state index contributed by atoms with van der Waals surface area (Å²) in [7, 11) is 1.38. The Kier molecular flexibility index (Phi) is 8.95. The Hall–Kier alpha value is -2.51. The Morgan fingerprint density at radius 2 is 1.58 bits per heavy atom. The maximum absolute atomic E-state index is 13.0. The van der Waals surface area contributed by atoms with Gasteiger partial charge in [-0.05, 0) is 37.8 Å². The zero-order valence-corrected chi connectivity index (χ0v) is 18.8. The fourth-order valence-corrected chi connectivity index (χ4v) is 3.37. The molecule has 8 heteroatoms. The van der Waals surface area contributed by atoms with Crippen LogP contribution in [0.2, 0.25) is 0 Å². The van der Waals surface area contributed by atoms with Gasteiger partial charge in [-0.2, -0.15) is 0 Å². The molecule has 0 aliphatic heterocycles. The van der Waals surface area contributed by atoms with Crippen molar-refractivity contribution in [2.45, 2.75) is 78.7 Å². The van der Waals surface area contributed by atoms with Crippen molar-refractivity contribution in [2.75, 3.05) is 7.11 Å². The van der Waals surface area contributed by atoms with Gasteiger partial charge < -0.3 is 14.2 Å². The molecular weight excluding hydrogens is 409 g/mol. The maximum Gasteiger partial charge on any atom is 0.573 e. The van der Waals surface area contributed by atoms with Gasteiger partial charge in [-0.1, -0.05) is 40.5 Å². The molecule has 0 atom stereocenters. The highest BCUT2D eigenvalue weighted by atomic mass is 19.4. The first kappa shape index (κ1) is 24.8. The molecular formula is C23H31F3N2O3. The molecule has 0 radical (unpaired) electrons. The average molecular weight is 441 g/mol. The van der Waals surface area contributed by atoms with Gasteiger partial charge in [0.05, 0.1) is 18.5 Å². The molecule has 0 fully saturated rings. The Balaban J connectivity index is 2.57. The molecule has 31 heavy (non-hydrogen) atoms. The summed E-state index contributed by atoms with van der Waals surface area (Å²) in [5.41, 5.74) is 1.73. The van der Waals surface area contributed by atoms with Gasteiger partial charge in [-0.3, -0.25) is 0 Å². The summed E-state index contributed by atoms with van der Waals surface area (Å²) >= 11 is 0. The molecule has 0 bridgehead atoms. The number of ether oxygens (including phenoxy) is 3. The summed E-state index contributed by atoms with van der Waals surface area (Å²) in [5, 5.41) is 0. The van der Waals surface area contributed by atoms with Crippen molar-refractivity contribution in [1.29, 1.82) is 0 Å². The van der Waals surface area contributed by atoms with Gasteiger partial charge in [0.25, 0.3) is 0 Å². The highest BCUT2D eigenvalue weighted by molar-refractivity contribution is 5.71. The molecule has 2 rings (SSSR count). The zero-order valence-electron chi connectivity index (χ0n) is 18.8. The standard InChI is InChI=1S/C23H31F3N2O3/c1-6-10-15(11-7-2)30-22-19(9-4)27-21(18(8-3)28-22)17-13-12-16(29-5)14-20(17)31-23(24,25)26/h12-15H,6-11H2,1-5H3. The largest absolute Gasteiger partial charge is 0.573 e. The van der Waals surface area contributed by atoms with E-state index in [0.29, 0.717) is 35.8 Å². The first-order valence-electron chi connectivity index (χ1n) is 10.8. The van der Waals surface area contributed by atoms with Crippen LogP contribution in [0.4, 0.5) is 13.2 Å². The highest BCUT2D eigenvalue weighted by Gasteiger charge is 2.33. The van der Waals surface area contributed by atoms with Gasteiger partial charge >= 0.3 is 6.36 Å². The fourth-order valence-electron chi connectivity index (χ4n) is 3.37. The van der Waals surface area contributed by atoms with Crippen molar-refractivity contribution in [2.24, 2.45) is 0 Å². The molecule has 0 N–H and O–H groups in total. The summed E-state index contributed by atoms with van der Waals surface area (Å²) in [6, 6.07) is 4.30. The average Bonchev–Trinajstić information content (AvgIpc) is 2.72. The molecule has 1 aromatic heterocycles. The van der Waals surface area contributed by atoms with Crippen molar-refractivity contribution in [3.05, 3.63) is 29.6 Å². The van der Waals surface area contributed by atoms with Gasteiger partial charge in [0.1, 0.15) is 23.3 Å². The predicted octanol–water partition coefficient (Wildman–Crippen LogP) is 6.52. The van der Waals surface area contributed by atoms with Crippen molar-refractivity contribution in [3.8, 4) is 28.6 Å². The quantitative estimate of drug-likeness (QED) is 0.398. The van der Waals surface area contributed by atoms with Crippen LogP contribution in [0, 0.1) is 0 Å². The van der Waals surface area contributed by atoms with E-state index >= 15 is 0 Å². The van der Waals surface area contributed by atoms with Crippen LogP contribution in [0.5, 0.6) is 17.4 Å². The van der Waals surface area contributed by atoms with Crippen molar-refractivity contribution in [1.82, 2.24) is 9.97 Å². The monoisotopic (exact) mass is 440 g/mol. The number of halogens is 3. The number of aryl methyl sites for hydroxylation is 2. The van der Waals surface area contributed by atoms with Crippen LogP contribution in [0.15, 0.2) is 18.2 Å². The summed E-state index contributed by atoms with van der Waals surface area (Å²) in [6.07, 6.45) is 0.00136. The topological polar surface area (TPSA) is 53.5 Å². The van der Waals surface area contributed by atoms with E-state index in [1.165, 1.54) is 19.2 Å². The molecule has 172 valence electrons. The normalized spacial score (nSPS) is 11.6. The second-order valence-electron chi connectivity index (χ2n) is 7.20. The lowest BCUT2D eigenvalue weighted by atomic mass is 10.1. The molecule has 1 heterocycles. The first-order valence-corrected chi connectivity index (χ1v) is 10.8. The van der Waals surface area contributed by atoms with Gasteiger partial charge in [0, 0.05) is 11.6 Å². The number of hydrogen-bond donors (Lipinski definition) is 0. The van der Waals surface area contributed by atoms with Crippen molar-refractivity contribution in [3.63, 3.8) is 0 Å². The lowest BCUT2D eigenvalue weighted by molar-refractivity contribution is -0.274. The number of methoxy groups -OCH3 is 1. The van der Waals surface area contributed by atoms with E-state index in [1.807, 2.05) is 13.8 Å². The molecule has 5 nitrogen and oxygen atoms in total. The summed E-state index contributed by atoms with van der Waals surface area (Å²) in [4.78, 5) is 9.35. The van der Waals surface area contributed by atoms with Crippen molar-refractivity contribution < 1.29 is 27.4 Å². The lowest BCUT2D eigenvalue weighted by Gasteiger charge is -2.21. The molecule has 0 saturated carbocycles. The van der Waals surface area contributed by atoms with E-state index in [2.05, 4.69) is 28.6 Å². The molecule has 0 aliphatic carbocycles. The molecule has 0 unspecified atom stereocenters. The minimum absolute atomic E-state index is 0.0373. The van der Waals surface area contributed by atoms with Crippen LogP contribution in [0.3, 0.4) is 0 Å². The van der Waals surface area contributed by atoms with Gasteiger partial charge in [0.15, 0.2) is 0 Å². The minimum Gasteiger partial charge on any atom is -0.497 e. The van der Waals surface area contributed by atoms with Crippen LogP contribution in [0.1, 0.15) is 64.8 Å². The van der Waals surface area contributed by atoms with E-state index in [-0.39, 0.29) is 23.2 Å². The molecule has 1 aromatic carbocycles. The van der Waals surface area contributed by atoms with E-state index in [9.17, 15) is 13.2 Å². The summed E-state index contributed by atoms with van der Waals surface area (Å²) < 4.78 is 54.6. The van der Waals surface area contributed by atoms with Crippen molar-refractivity contribution >= 4 is 0 Å². The van der Waals surface area contributed by atoms with Gasteiger partial charge in [-0.25, -0.2) is 9.97 Å². The second kappa shape index (κ2) is 11.2. The van der Waals surface area contributed by atoms with Crippen LogP contribution in [-0.4, -0.2) is 29.5 Å². The van der Waals surface area contributed by atoms with Crippen LogP contribution in [-0.2, 0) is 12.8 Å². The molecule has 0 spiro atoms. The lowest BCUT2D eigenvalue weighted by Crippen LogP contribution is -2.19. The number of hydrogen-bond acceptors (Lipinski definition) is 5. The SMILES string of the molecule is CCCC(CCC)Oc1nc(CC)c(-c2ccc(OC)cc2OC(F)(F)F)nc1CC. The minimum atomic E-state index is -4.84. The van der Waals surface area contributed by atoms with E-state index in [1.54, 1.807) is 6.07 Å². The van der Waals surface area contributed by atoms with E-state index in [4.69, 9.17) is 9.47 Å². The molecule has 0 amide bonds. The number of rotatable bonds is 11. The van der Waals surface area contributed by atoms with Gasteiger partial charge in [0.2, 0.25) is 5.88 Å². The fraction of sp³-hybridized carbons (Fsp3) is 0.565. The number of benzene rings is 1. The van der Waals surface area contributed by atoms with E-state index in [0.717, 1.165) is 25.7 Å². The third-order valence-electron chi connectivity index (χ3n) is 4.84. The summed E-state index contributed by atoms with van der Waals surface area (Å²) in [5.74, 6) is 0.342. The predicted molar refractivity (Wildman–Crippen MR) is 114 cm³/mol. The smallest absolute Gasteiger partial charge is 0.497 e. The third kappa shape index (κ3) is 6.74. The Labute approximate surface area is 182 Å². The maximum atomic E-state index is 13.0. The molecule has 2 aromatic rings. The zero-order chi connectivity index (χ0) is 23.0. The molecule has 0 aliphatic rings. The van der Waals surface area contributed by atoms with Crippen LogP contribution >= 0.6 is 0 Å². The van der Waals surface area contributed by atoms with Crippen LogP contribution < -0.4 is 14.2 Å². The first-order chi connectivity index (χ1) is 14.8.